The van der Waals surface area contributed by atoms with Crippen LogP contribution in [-0.2, 0) is 0 Å². The summed E-state index contributed by atoms with van der Waals surface area (Å²) in [7, 11) is 0. The minimum Gasteiger partial charge on any atom is -0.338 e. The molecule has 0 radical (unpaired) electrons. The predicted octanol–water partition coefficient (Wildman–Crippen LogP) is 11.0. The first-order valence-electron chi connectivity index (χ1n) is 14.3. The molecule has 0 amide bonds. The van der Waals surface area contributed by atoms with Gasteiger partial charge < -0.3 is 31.2 Å². The van der Waals surface area contributed by atoms with E-state index in [9.17, 15) is 0 Å². The molecule has 48 heavy (non-hydrogen) atoms. The van der Waals surface area contributed by atoms with Gasteiger partial charge in [-0.05, 0) is 97.2 Å². The molecule has 5 aromatic carbocycles. The molecule has 0 fully saturated rings. The highest BCUT2D eigenvalue weighted by molar-refractivity contribution is 7.81. The van der Waals surface area contributed by atoms with Crippen molar-refractivity contribution in [1.29, 1.82) is 0 Å². The molecule has 0 aliphatic rings. The van der Waals surface area contributed by atoms with E-state index in [1.807, 2.05) is 60.7 Å². The largest absolute Gasteiger partial charge is 0.338 e. The molecule has 8 nitrogen and oxygen atoms in total. The molecule has 6 N–H and O–H groups in total. The van der Waals surface area contributed by atoms with Gasteiger partial charge in [-0.3, -0.25) is 0 Å². The van der Waals surface area contributed by atoms with Gasteiger partial charge in [0.2, 0.25) is 0 Å². The minimum atomic E-state index is 0.408. The van der Waals surface area contributed by atoms with Crippen LogP contribution >= 0.6 is 70.8 Å². The van der Waals surface area contributed by atoms with Crippen molar-refractivity contribution in [2.75, 3.05) is 21.3 Å². The fourth-order valence-electron chi connectivity index (χ4n) is 5.06. The van der Waals surface area contributed by atoms with E-state index in [4.69, 9.17) is 80.8 Å². The number of benzene rings is 5. The number of thiocarbonyl (C=S) groups is 2. The van der Waals surface area contributed by atoms with Gasteiger partial charge in [-0.1, -0.05) is 70.7 Å². The summed E-state index contributed by atoms with van der Waals surface area (Å²) in [6.07, 6.45) is 0. The molecule has 7 aromatic rings. The first-order chi connectivity index (χ1) is 23.2. The zero-order valence-corrected chi connectivity index (χ0v) is 29.1. The molecule has 0 bridgehead atoms. The third-order valence-electron chi connectivity index (χ3n) is 7.27. The van der Waals surface area contributed by atoms with Crippen LogP contribution in [-0.4, -0.2) is 30.2 Å². The molecule has 238 valence electrons. The highest BCUT2D eigenvalue weighted by Crippen LogP contribution is 2.33. The Balaban J connectivity index is 1.09. The van der Waals surface area contributed by atoms with Crippen LogP contribution in [0.2, 0.25) is 20.1 Å². The van der Waals surface area contributed by atoms with Gasteiger partial charge in [-0.15, -0.1) is 0 Å². The number of nitrogens with zero attached hydrogens (tertiary/aromatic N) is 2. The molecular weight excluding hydrogens is 726 g/mol. The van der Waals surface area contributed by atoms with Gasteiger partial charge in [0.15, 0.2) is 10.2 Å². The minimum absolute atomic E-state index is 0.408. The monoisotopic (exact) mass is 746 g/mol. The Labute approximate surface area is 305 Å². The van der Waals surface area contributed by atoms with Crippen molar-refractivity contribution >= 4 is 126 Å². The summed E-state index contributed by atoms with van der Waals surface area (Å²) in [5.74, 6) is 1.41. The van der Waals surface area contributed by atoms with Crippen LogP contribution in [0.15, 0.2) is 97.1 Å². The van der Waals surface area contributed by atoms with Crippen molar-refractivity contribution < 1.29 is 0 Å². The van der Waals surface area contributed by atoms with Gasteiger partial charge in [-0.25, -0.2) is 9.97 Å². The van der Waals surface area contributed by atoms with Crippen molar-refractivity contribution in [2.24, 2.45) is 0 Å². The molecule has 0 atom stereocenters. The van der Waals surface area contributed by atoms with Crippen LogP contribution in [0.3, 0.4) is 0 Å². The topological polar surface area (TPSA) is 105 Å². The second-order valence-electron chi connectivity index (χ2n) is 10.6. The second-order valence-corrected chi connectivity index (χ2v) is 13.0. The summed E-state index contributed by atoms with van der Waals surface area (Å²) in [6, 6.07) is 30.0. The maximum atomic E-state index is 6.13. The second kappa shape index (κ2) is 13.6. The average molecular weight is 749 g/mol. The maximum Gasteiger partial charge on any atom is 0.175 e. The molecule has 14 heteroatoms. The summed E-state index contributed by atoms with van der Waals surface area (Å²) in [5.41, 5.74) is 8.10. The van der Waals surface area contributed by atoms with Crippen LogP contribution < -0.4 is 21.3 Å². The standard InChI is InChI=1S/C34H22Cl4N8S2/c35-23-9-5-17(13-25(23)37)39-33(47)41-19-7-11-27-29(15-19)45-31(43-27)21-3-1-2-4-22(21)32-44-28-12-8-20(16-30(28)46-32)42-34(48)40-18-6-10-24(36)26(38)14-18/h1-16H,(H,43,45)(H,44,46)(H2,39,41,47)(H2,40,42,48). The molecule has 7 rings (SSSR count). The lowest BCUT2D eigenvalue weighted by Crippen LogP contribution is -2.18. The van der Waals surface area contributed by atoms with E-state index in [1.165, 1.54) is 0 Å². The third-order valence-corrected chi connectivity index (χ3v) is 9.16. The summed E-state index contributed by atoms with van der Waals surface area (Å²) in [5, 5.41) is 15.3. The lowest BCUT2D eigenvalue weighted by molar-refractivity contribution is 1.30. The van der Waals surface area contributed by atoms with Crippen molar-refractivity contribution in [2.45, 2.75) is 0 Å². The highest BCUT2D eigenvalue weighted by atomic mass is 35.5. The molecule has 0 saturated carbocycles. The van der Waals surface area contributed by atoms with Crippen LogP contribution in [0.25, 0.3) is 44.8 Å². The fraction of sp³-hybridized carbons (Fsp3) is 0. The third kappa shape index (κ3) is 7.05. The van der Waals surface area contributed by atoms with E-state index in [1.54, 1.807) is 36.4 Å². The quantitative estimate of drug-likeness (QED) is 0.0934. The lowest BCUT2D eigenvalue weighted by Gasteiger charge is -2.11. The number of anilines is 4. The van der Waals surface area contributed by atoms with E-state index < -0.39 is 0 Å². The van der Waals surface area contributed by atoms with Crippen molar-refractivity contribution in [3.63, 3.8) is 0 Å². The molecule has 0 unspecified atom stereocenters. The van der Waals surface area contributed by atoms with Crippen LogP contribution in [0.1, 0.15) is 0 Å². The van der Waals surface area contributed by atoms with E-state index in [0.717, 1.165) is 55.9 Å². The van der Waals surface area contributed by atoms with Crippen LogP contribution in [0.5, 0.6) is 0 Å². The first-order valence-corrected chi connectivity index (χ1v) is 16.7. The fourth-order valence-corrected chi connectivity index (χ4v) is 6.13. The van der Waals surface area contributed by atoms with E-state index in [0.29, 0.717) is 42.0 Å². The van der Waals surface area contributed by atoms with E-state index in [2.05, 4.69) is 31.2 Å². The van der Waals surface area contributed by atoms with Gasteiger partial charge in [0, 0.05) is 33.9 Å². The molecule has 2 heterocycles. The number of H-pyrrole nitrogens is 2. The zero-order chi connectivity index (χ0) is 33.4. The van der Waals surface area contributed by atoms with Crippen molar-refractivity contribution in [3.05, 3.63) is 117 Å². The number of aromatic amines is 2. The number of aromatic nitrogens is 4. The summed E-state index contributed by atoms with van der Waals surface area (Å²) in [6.45, 7) is 0. The number of halogens is 4. The van der Waals surface area contributed by atoms with Gasteiger partial charge in [0.25, 0.3) is 0 Å². The number of imidazole rings is 2. The molecule has 0 spiro atoms. The number of fused-ring (bicyclic) bond motifs is 2. The van der Waals surface area contributed by atoms with E-state index in [-0.39, 0.29) is 0 Å². The van der Waals surface area contributed by atoms with Gasteiger partial charge >= 0.3 is 0 Å². The molecular formula is C34H22Cl4N8S2. The lowest BCUT2D eigenvalue weighted by atomic mass is 10.1. The molecule has 2 aromatic heterocycles. The summed E-state index contributed by atoms with van der Waals surface area (Å²) in [4.78, 5) is 16.7. The number of hydrogen-bond donors (Lipinski definition) is 6. The van der Waals surface area contributed by atoms with Crippen LogP contribution in [0, 0.1) is 0 Å². The summed E-state index contributed by atoms with van der Waals surface area (Å²) < 4.78 is 0. The zero-order valence-electron chi connectivity index (χ0n) is 24.5. The van der Waals surface area contributed by atoms with E-state index >= 15 is 0 Å². The number of rotatable bonds is 6. The Hall–Kier alpha value is -4.42. The van der Waals surface area contributed by atoms with Gasteiger partial charge in [0.05, 0.1) is 42.2 Å². The average Bonchev–Trinajstić information content (AvgIpc) is 3.68. The summed E-state index contributed by atoms with van der Waals surface area (Å²) >= 11 is 35.3. The van der Waals surface area contributed by atoms with Gasteiger partial charge in [-0.2, -0.15) is 0 Å². The Morgan fingerprint density at radius 3 is 1.25 bits per heavy atom. The SMILES string of the molecule is S=C(Nc1ccc(Cl)c(Cl)c1)Nc1ccc2nc(-c3ccccc3-c3nc4ccc(NC(=S)Nc5ccc(Cl)c(Cl)c5)cc4[nH]3)[nH]c2c1. The maximum absolute atomic E-state index is 6.13. The Kier molecular flexibility index (Phi) is 9.11. The van der Waals surface area contributed by atoms with Crippen molar-refractivity contribution in [1.82, 2.24) is 19.9 Å². The normalized spacial score (nSPS) is 11.1. The Morgan fingerprint density at radius 2 is 0.854 bits per heavy atom. The Bertz CT molecular complexity index is 2210. The van der Waals surface area contributed by atoms with Crippen LogP contribution in [0.4, 0.5) is 22.7 Å². The molecule has 0 aliphatic carbocycles. The van der Waals surface area contributed by atoms with Crippen molar-refractivity contribution in [3.8, 4) is 22.8 Å². The number of hydrogen-bond acceptors (Lipinski definition) is 4. The smallest absolute Gasteiger partial charge is 0.175 e. The van der Waals surface area contributed by atoms with Gasteiger partial charge in [0.1, 0.15) is 11.6 Å². The first kappa shape index (κ1) is 32.1. The molecule has 0 saturated heterocycles. The Morgan fingerprint density at radius 1 is 0.479 bits per heavy atom. The highest BCUT2D eigenvalue weighted by Gasteiger charge is 2.15. The number of nitrogens with one attached hydrogen (secondary N) is 6. The predicted molar refractivity (Wildman–Crippen MR) is 209 cm³/mol. The molecule has 0 aliphatic heterocycles.